The summed E-state index contributed by atoms with van der Waals surface area (Å²) in [7, 11) is 1.61. The number of methoxy groups -OCH3 is 1. The number of hydrogen-bond acceptors (Lipinski definition) is 3. The van der Waals surface area contributed by atoms with Gasteiger partial charge in [0, 0.05) is 17.5 Å². The van der Waals surface area contributed by atoms with Gasteiger partial charge < -0.3 is 4.74 Å². The van der Waals surface area contributed by atoms with Gasteiger partial charge in [-0.2, -0.15) is 0 Å². The predicted molar refractivity (Wildman–Crippen MR) is 90.1 cm³/mol. The standard InChI is InChI=1S/C19H16N2O2/c1-23-16-8-6-13(7-9-16)19(22)21-11-10-15-12-14-4-2-3-5-17(14)20-18(15)21/h2-9,12H,10-11H2,1H3. The summed E-state index contributed by atoms with van der Waals surface area (Å²) in [5.41, 5.74) is 2.69. The number of rotatable bonds is 2. The SMILES string of the molecule is COc1ccc(C(=O)N2CCc3cc4ccccc4nc32)cc1. The van der Waals surface area contributed by atoms with Crippen LogP contribution in [0.4, 0.5) is 5.82 Å². The highest BCUT2D eigenvalue weighted by Crippen LogP contribution is 2.30. The molecule has 0 saturated heterocycles. The number of benzene rings is 2. The Bertz CT molecular complexity index is 888. The largest absolute Gasteiger partial charge is 0.497 e. The number of ether oxygens (including phenoxy) is 1. The monoisotopic (exact) mass is 304 g/mol. The van der Waals surface area contributed by atoms with Crippen molar-refractivity contribution in [2.45, 2.75) is 6.42 Å². The Morgan fingerprint density at radius 2 is 1.91 bits per heavy atom. The molecule has 0 radical (unpaired) electrons. The Labute approximate surface area is 134 Å². The summed E-state index contributed by atoms with van der Waals surface area (Å²) in [4.78, 5) is 19.3. The molecule has 0 bridgehead atoms. The van der Waals surface area contributed by atoms with Crippen molar-refractivity contribution in [3.63, 3.8) is 0 Å². The van der Waals surface area contributed by atoms with E-state index in [1.165, 1.54) is 0 Å². The first-order chi connectivity index (χ1) is 11.3. The lowest BCUT2D eigenvalue weighted by molar-refractivity contribution is 0.0988. The zero-order valence-electron chi connectivity index (χ0n) is 12.8. The first kappa shape index (κ1) is 13.8. The van der Waals surface area contributed by atoms with Crippen LogP contribution >= 0.6 is 0 Å². The highest BCUT2D eigenvalue weighted by Gasteiger charge is 2.27. The molecule has 114 valence electrons. The second-order valence-electron chi connectivity index (χ2n) is 5.60. The number of carbonyl (C=O) groups is 1. The topological polar surface area (TPSA) is 42.4 Å². The number of para-hydroxylation sites is 1. The molecule has 1 aliphatic heterocycles. The number of fused-ring (bicyclic) bond motifs is 2. The smallest absolute Gasteiger partial charge is 0.259 e. The van der Waals surface area contributed by atoms with Crippen LogP contribution in [0.3, 0.4) is 0 Å². The lowest BCUT2D eigenvalue weighted by atomic mass is 10.1. The van der Waals surface area contributed by atoms with Crippen LogP contribution in [0.15, 0.2) is 54.6 Å². The van der Waals surface area contributed by atoms with Crippen LogP contribution < -0.4 is 9.64 Å². The van der Waals surface area contributed by atoms with E-state index in [-0.39, 0.29) is 5.91 Å². The summed E-state index contributed by atoms with van der Waals surface area (Å²) < 4.78 is 5.14. The molecule has 2 heterocycles. The normalized spacial score (nSPS) is 13.2. The molecule has 1 amide bonds. The second kappa shape index (κ2) is 5.39. The number of aromatic nitrogens is 1. The van der Waals surface area contributed by atoms with Crippen molar-refractivity contribution in [1.82, 2.24) is 4.98 Å². The molecule has 0 spiro atoms. The van der Waals surface area contributed by atoms with Crippen LogP contribution in [0.25, 0.3) is 10.9 Å². The Balaban J connectivity index is 1.71. The van der Waals surface area contributed by atoms with Crippen molar-refractivity contribution in [2.75, 3.05) is 18.6 Å². The number of carbonyl (C=O) groups excluding carboxylic acids is 1. The van der Waals surface area contributed by atoms with Crippen LogP contribution in [0.5, 0.6) is 5.75 Å². The van der Waals surface area contributed by atoms with Gasteiger partial charge in [-0.05, 0) is 48.4 Å². The summed E-state index contributed by atoms with van der Waals surface area (Å²) in [6.45, 7) is 0.670. The summed E-state index contributed by atoms with van der Waals surface area (Å²) in [6.07, 6.45) is 0.842. The fourth-order valence-electron chi connectivity index (χ4n) is 2.99. The minimum Gasteiger partial charge on any atom is -0.497 e. The molecule has 0 fully saturated rings. The maximum atomic E-state index is 12.8. The summed E-state index contributed by atoms with van der Waals surface area (Å²) >= 11 is 0. The quantitative estimate of drug-likeness (QED) is 0.728. The maximum absolute atomic E-state index is 12.8. The van der Waals surface area contributed by atoms with Crippen molar-refractivity contribution < 1.29 is 9.53 Å². The van der Waals surface area contributed by atoms with Crippen LogP contribution in [0.2, 0.25) is 0 Å². The lowest BCUT2D eigenvalue weighted by Gasteiger charge is -2.17. The molecule has 1 aromatic heterocycles. The Hall–Kier alpha value is -2.88. The third kappa shape index (κ3) is 2.32. The van der Waals surface area contributed by atoms with Crippen LogP contribution in [-0.2, 0) is 6.42 Å². The van der Waals surface area contributed by atoms with Crippen molar-refractivity contribution >= 4 is 22.6 Å². The fraction of sp³-hybridized carbons (Fsp3) is 0.158. The fourth-order valence-corrected chi connectivity index (χ4v) is 2.99. The predicted octanol–water partition coefficient (Wildman–Crippen LogP) is 3.45. The third-order valence-electron chi connectivity index (χ3n) is 4.22. The molecule has 0 unspecified atom stereocenters. The minimum atomic E-state index is -0.0193. The molecule has 3 aromatic rings. The number of amides is 1. The van der Waals surface area contributed by atoms with E-state index in [0.717, 1.165) is 34.5 Å². The van der Waals surface area contributed by atoms with Gasteiger partial charge in [-0.25, -0.2) is 4.98 Å². The molecule has 23 heavy (non-hydrogen) atoms. The summed E-state index contributed by atoms with van der Waals surface area (Å²) in [6, 6.07) is 17.3. The van der Waals surface area contributed by atoms with Gasteiger partial charge in [-0.15, -0.1) is 0 Å². The van der Waals surface area contributed by atoms with Crippen molar-refractivity contribution in [2.24, 2.45) is 0 Å². The van der Waals surface area contributed by atoms with E-state index in [4.69, 9.17) is 9.72 Å². The van der Waals surface area contributed by atoms with Crippen molar-refractivity contribution in [1.29, 1.82) is 0 Å². The minimum absolute atomic E-state index is 0.0193. The van der Waals surface area contributed by atoms with Gasteiger partial charge in [0.1, 0.15) is 11.6 Å². The van der Waals surface area contributed by atoms with Crippen LogP contribution in [0, 0.1) is 0 Å². The van der Waals surface area contributed by atoms with E-state index in [1.807, 2.05) is 18.2 Å². The molecule has 4 heteroatoms. The zero-order valence-corrected chi connectivity index (χ0v) is 12.8. The Kier molecular flexibility index (Phi) is 3.23. The van der Waals surface area contributed by atoms with Gasteiger partial charge in [0.2, 0.25) is 0 Å². The van der Waals surface area contributed by atoms with Crippen LogP contribution in [0.1, 0.15) is 15.9 Å². The molecule has 0 aliphatic carbocycles. The molecule has 0 saturated carbocycles. The zero-order chi connectivity index (χ0) is 15.8. The van der Waals surface area contributed by atoms with Gasteiger partial charge in [-0.1, -0.05) is 18.2 Å². The molecule has 4 rings (SSSR count). The van der Waals surface area contributed by atoms with Gasteiger partial charge in [0.15, 0.2) is 0 Å². The highest BCUT2D eigenvalue weighted by atomic mass is 16.5. The van der Waals surface area contributed by atoms with Gasteiger partial charge in [0.05, 0.1) is 12.6 Å². The van der Waals surface area contributed by atoms with Crippen molar-refractivity contribution in [3.8, 4) is 5.75 Å². The van der Waals surface area contributed by atoms with E-state index in [0.29, 0.717) is 12.1 Å². The molecule has 1 aliphatic rings. The molecule has 4 nitrogen and oxygen atoms in total. The molecule has 2 aromatic carbocycles. The van der Waals surface area contributed by atoms with E-state index >= 15 is 0 Å². The molecule has 0 N–H and O–H groups in total. The first-order valence-electron chi connectivity index (χ1n) is 7.61. The highest BCUT2D eigenvalue weighted by molar-refractivity contribution is 6.07. The first-order valence-corrected chi connectivity index (χ1v) is 7.61. The average Bonchev–Trinajstić information content (AvgIpc) is 3.02. The lowest BCUT2D eigenvalue weighted by Crippen LogP contribution is -2.29. The maximum Gasteiger partial charge on any atom is 0.259 e. The van der Waals surface area contributed by atoms with E-state index in [2.05, 4.69) is 12.1 Å². The molecule has 0 atom stereocenters. The Morgan fingerprint density at radius 1 is 1.13 bits per heavy atom. The summed E-state index contributed by atoms with van der Waals surface area (Å²) in [5.74, 6) is 1.51. The number of nitrogens with zero attached hydrogens (tertiary/aromatic N) is 2. The van der Waals surface area contributed by atoms with Crippen molar-refractivity contribution in [3.05, 3.63) is 65.7 Å². The van der Waals surface area contributed by atoms with E-state index in [9.17, 15) is 4.79 Å². The number of hydrogen-bond donors (Lipinski definition) is 0. The van der Waals surface area contributed by atoms with Crippen LogP contribution in [-0.4, -0.2) is 24.5 Å². The molecular formula is C19H16N2O2. The average molecular weight is 304 g/mol. The van der Waals surface area contributed by atoms with Gasteiger partial charge in [0.25, 0.3) is 5.91 Å². The van der Waals surface area contributed by atoms with E-state index in [1.54, 1.807) is 36.3 Å². The molecular weight excluding hydrogens is 288 g/mol. The second-order valence-corrected chi connectivity index (χ2v) is 5.60. The Morgan fingerprint density at radius 3 is 2.70 bits per heavy atom. The van der Waals surface area contributed by atoms with E-state index < -0.39 is 0 Å². The van der Waals surface area contributed by atoms with Gasteiger partial charge in [-0.3, -0.25) is 9.69 Å². The van der Waals surface area contributed by atoms with Gasteiger partial charge >= 0.3 is 0 Å². The number of anilines is 1. The number of pyridine rings is 1. The third-order valence-corrected chi connectivity index (χ3v) is 4.22. The summed E-state index contributed by atoms with van der Waals surface area (Å²) in [5, 5.41) is 1.12.